The van der Waals surface area contributed by atoms with Gasteiger partial charge in [0.25, 0.3) is 11.8 Å². The number of ether oxygens (including phenoxy) is 2. The van der Waals surface area contributed by atoms with Crippen LogP contribution in [0.4, 0.5) is 10.5 Å². The molecule has 1 saturated heterocycles. The van der Waals surface area contributed by atoms with Crippen LogP contribution in [0.3, 0.4) is 0 Å². The van der Waals surface area contributed by atoms with Crippen LogP contribution in [-0.4, -0.2) is 32.1 Å². The van der Waals surface area contributed by atoms with Crippen LogP contribution in [0.15, 0.2) is 48.0 Å². The summed E-state index contributed by atoms with van der Waals surface area (Å²) in [5.74, 6) is 1.96. The minimum absolute atomic E-state index is 0.147. The van der Waals surface area contributed by atoms with E-state index in [2.05, 4.69) is 17.4 Å². The predicted octanol–water partition coefficient (Wildman–Crippen LogP) is 4.84. The first kappa shape index (κ1) is 22.8. The molecular weight excluding hydrogens is 456 g/mol. The minimum Gasteiger partial charge on any atom is -0.493 e. The monoisotopic (exact) mass is 486 g/mol. The van der Waals surface area contributed by atoms with Crippen LogP contribution in [0.1, 0.15) is 49.7 Å². The van der Waals surface area contributed by atoms with E-state index in [9.17, 15) is 14.4 Å². The second-order valence-corrected chi connectivity index (χ2v) is 10.8. The first-order valence-electron chi connectivity index (χ1n) is 12.6. The summed E-state index contributed by atoms with van der Waals surface area (Å²) in [7, 11) is 3.00. The van der Waals surface area contributed by atoms with Gasteiger partial charge in [-0.2, -0.15) is 0 Å². The fourth-order valence-corrected chi connectivity index (χ4v) is 7.50. The summed E-state index contributed by atoms with van der Waals surface area (Å²) in [5.41, 5.74) is 2.34. The van der Waals surface area contributed by atoms with Gasteiger partial charge < -0.3 is 9.47 Å². The Morgan fingerprint density at radius 2 is 1.53 bits per heavy atom. The quantitative estimate of drug-likeness (QED) is 0.483. The largest absolute Gasteiger partial charge is 0.493 e. The SMILES string of the molecule is COc1cccc(/C=C2/C(=O)NC(=O)N(c3ccc(C45CC6CC(CC(C6)C4)C5)cc3)C2=O)c1OC. The number of hydrogen-bond acceptors (Lipinski definition) is 5. The van der Waals surface area contributed by atoms with Crippen molar-refractivity contribution in [3.63, 3.8) is 0 Å². The van der Waals surface area contributed by atoms with Gasteiger partial charge in [-0.3, -0.25) is 14.9 Å². The Morgan fingerprint density at radius 1 is 0.889 bits per heavy atom. The highest BCUT2D eigenvalue weighted by molar-refractivity contribution is 6.39. The lowest BCUT2D eigenvalue weighted by Crippen LogP contribution is -2.54. The van der Waals surface area contributed by atoms with Crippen molar-refractivity contribution in [2.24, 2.45) is 17.8 Å². The highest BCUT2D eigenvalue weighted by Crippen LogP contribution is 2.60. The predicted molar refractivity (Wildman–Crippen MR) is 135 cm³/mol. The van der Waals surface area contributed by atoms with E-state index in [1.807, 2.05) is 12.1 Å². The molecule has 5 aliphatic rings. The molecule has 7 heteroatoms. The molecule has 2 aromatic rings. The van der Waals surface area contributed by atoms with E-state index >= 15 is 0 Å². The molecule has 186 valence electrons. The van der Waals surface area contributed by atoms with E-state index in [1.54, 1.807) is 18.2 Å². The van der Waals surface area contributed by atoms with Crippen LogP contribution >= 0.6 is 0 Å². The fourth-order valence-electron chi connectivity index (χ4n) is 7.50. The summed E-state index contributed by atoms with van der Waals surface area (Å²) in [6.07, 6.45) is 9.28. The third-order valence-corrected chi connectivity index (χ3v) is 8.61. The Bertz CT molecular complexity index is 1240. The van der Waals surface area contributed by atoms with Crippen molar-refractivity contribution in [3.8, 4) is 11.5 Å². The zero-order chi connectivity index (χ0) is 25.0. The number of hydrogen-bond donors (Lipinski definition) is 1. The lowest BCUT2D eigenvalue weighted by Gasteiger charge is -2.57. The number of imide groups is 2. The lowest BCUT2D eigenvalue weighted by molar-refractivity contribution is -0.122. The molecule has 4 amide bonds. The molecule has 0 unspecified atom stereocenters. The van der Waals surface area contributed by atoms with Gasteiger partial charge in [0.15, 0.2) is 11.5 Å². The fraction of sp³-hybridized carbons (Fsp3) is 0.414. The average Bonchev–Trinajstić information content (AvgIpc) is 2.85. The van der Waals surface area contributed by atoms with E-state index < -0.39 is 17.8 Å². The van der Waals surface area contributed by atoms with Gasteiger partial charge in [-0.05, 0) is 91.5 Å². The molecule has 36 heavy (non-hydrogen) atoms. The van der Waals surface area contributed by atoms with Gasteiger partial charge in [-0.1, -0.05) is 24.3 Å². The average molecular weight is 487 g/mol. The standard InChI is InChI=1S/C29H30N2O5/c1-35-24-5-3-4-20(25(24)36-2)13-23-26(32)30-28(34)31(27(23)33)22-8-6-21(7-9-22)29-14-17-10-18(15-29)12-19(11-17)16-29/h3-9,13,17-19H,10-12,14-16H2,1-2H3,(H,30,32,34)/b23-13-. The normalized spacial score (nSPS) is 30.1. The summed E-state index contributed by atoms with van der Waals surface area (Å²) in [5, 5.41) is 2.30. The van der Waals surface area contributed by atoms with Gasteiger partial charge in [0, 0.05) is 5.56 Å². The molecule has 4 aliphatic carbocycles. The molecule has 1 N–H and O–H groups in total. The topological polar surface area (TPSA) is 84.9 Å². The molecule has 0 atom stereocenters. The van der Waals surface area contributed by atoms with Crippen molar-refractivity contribution in [1.29, 1.82) is 0 Å². The Balaban J connectivity index is 1.31. The number of carbonyl (C=O) groups is 3. The number of para-hydroxylation sites is 1. The molecule has 1 heterocycles. The first-order valence-corrected chi connectivity index (χ1v) is 12.6. The van der Waals surface area contributed by atoms with Gasteiger partial charge in [0.05, 0.1) is 19.9 Å². The maximum Gasteiger partial charge on any atom is 0.335 e. The van der Waals surface area contributed by atoms with Crippen LogP contribution in [0, 0.1) is 17.8 Å². The molecule has 4 saturated carbocycles. The maximum absolute atomic E-state index is 13.4. The molecule has 0 spiro atoms. The highest BCUT2D eigenvalue weighted by Gasteiger charge is 2.51. The van der Waals surface area contributed by atoms with Crippen molar-refractivity contribution in [2.45, 2.75) is 43.9 Å². The van der Waals surface area contributed by atoms with Crippen molar-refractivity contribution >= 4 is 29.6 Å². The number of nitrogens with one attached hydrogen (secondary N) is 1. The van der Waals surface area contributed by atoms with Gasteiger partial charge in [0.1, 0.15) is 5.57 Å². The number of amides is 4. The van der Waals surface area contributed by atoms with E-state index in [0.717, 1.165) is 22.7 Å². The Morgan fingerprint density at radius 3 is 2.11 bits per heavy atom. The minimum atomic E-state index is -0.748. The van der Waals surface area contributed by atoms with Gasteiger partial charge in [-0.15, -0.1) is 0 Å². The molecule has 2 aromatic carbocycles. The number of methoxy groups -OCH3 is 2. The molecule has 0 aromatic heterocycles. The zero-order valence-corrected chi connectivity index (χ0v) is 20.6. The van der Waals surface area contributed by atoms with Crippen molar-refractivity contribution in [2.75, 3.05) is 19.1 Å². The molecule has 1 aliphatic heterocycles. The summed E-state index contributed by atoms with van der Waals surface area (Å²) >= 11 is 0. The van der Waals surface area contributed by atoms with Gasteiger partial charge in [0.2, 0.25) is 0 Å². The van der Waals surface area contributed by atoms with Crippen LogP contribution in [0.2, 0.25) is 0 Å². The first-order chi connectivity index (χ1) is 17.4. The Labute approximate surface area is 210 Å². The van der Waals surface area contributed by atoms with Crippen molar-refractivity contribution in [3.05, 3.63) is 59.2 Å². The van der Waals surface area contributed by atoms with E-state index in [1.165, 1.54) is 64.4 Å². The van der Waals surface area contributed by atoms with Crippen LogP contribution in [-0.2, 0) is 15.0 Å². The summed E-state index contributed by atoms with van der Waals surface area (Å²) in [6, 6.07) is 12.3. The molecule has 5 fully saturated rings. The molecule has 4 bridgehead atoms. The number of rotatable bonds is 5. The molecular formula is C29H30N2O5. The number of urea groups is 1. The van der Waals surface area contributed by atoms with Crippen molar-refractivity contribution in [1.82, 2.24) is 5.32 Å². The van der Waals surface area contributed by atoms with E-state index in [4.69, 9.17) is 9.47 Å². The molecule has 0 radical (unpaired) electrons. The van der Waals surface area contributed by atoms with Crippen LogP contribution in [0.25, 0.3) is 6.08 Å². The number of carbonyl (C=O) groups excluding carboxylic acids is 3. The second-order valence-electron chi connectivity index (χ2n) is 10.8. The van der Waals surface area contributed by atoms with Crippen molar-refractivity contribution < 1.29 is 23.9 Å². The Kier molecular flexibility index (Phi) is 5.39. The molecule has 7 rings (SSSR count). The maximum atomic E-state index is 13.4. The second kappa shape index (κ2) is 8.50. The lowest BCUT2D eigenvalue weighted by atomic mass is 9.48. The Hall–Kier alpha value is -3.61. The smallest absolute Gasteiger partial charge is 0.335 e. The van der Waals surface area contributed by atoms with E-state index in [-0.39, 0.29) is 11.0 Å². The number of anilines is 1. The third kappa shape index (κ3) is 3.60. The van der Waals surface area contributed by atoms with Gasteiger partial charge in [-0.25, -0.2) is 9.69 Å². The van der Waals surface area contributed by atoms with E-state index in [0.29, 0.717) is 22.7 Å². The highest BCUT2D eigenvalue weighted by atomic mass is 16.5. The summed E-state index contributed by atoms with van der Waals surface area (Å²) in [6.45, 7) is 0. The number of barbiturate groups is 1. The molecule has 7 nitrogen and oxygen atoms in total. The number of benzene rings is 2. The summed E-state index contributed by atoms with van der Waals surface area (Å²) < 4.78 is 10.8. The third-order valence-electron chi connectivity index (χ3n) is 8.61. The van der Waals surface area contributed by atoms with Crippen LogP contribution in [0.5, 0.6) is 11.5 Å². The summed E-state index contributed by atoms with van der Waals surface area (Å²) in [4.78, 5) is 39.8. The zero-order valence-electron chi connectivity index (χ0n) is 20.6. The van der Waals surface area contributed by atoms with Gasteiger partial charge >= 0.3 is 6.03 Å². The number of nitrogens with zero attached hydrogens (tertiary/aromatic N) is 1. The van der Waals surface area contributed by atoms with Crippen LogP contribution < -0.4 is 19.7 Å².